The molecule has 0 fully saturated rings. The highest BCUT2D eigenvalue weighted by Gasteiger charge is 2.30. The lowest BCUT2D eigenvalue weighted by Crippen LogP contribution is -2.31. The first-order chi connectivity index (χ1) is 17.9. The van der Waals surface area contributed by atoms with Gasteiger partial charge in [0.2, 0.25) is 0 Å². The summed E-state index contributed by atoms with van der Waals surface area (Å²) in [6.45, 7) is 1.14. The number of nitrogens with zero attached hydrogens (tertiary/aromatic N) is 1. The molecule has 0 atom stereocenters. The summed E-state index contributed by atoms with van der Waals surface area (Å²) in [4.78, 5) is 25.6. The van der Waals surface area contributed by atoms with Crippen LogP contribution in [0.15, 0.2) is 54.6 Å². The van der Waals surface area contributed by atoms with Crippen molar-refractivity contribution < 1.29 is 46.1 Å². The summed E-state index contributed by atoms with van der Waals surface area (Å²) < 4.78 is 76.9. The molecule has 0 radical (unpaired) electrons. The maximum Gasteiger partial charge on any atom is 0.416 e. The Morgan fingerprint density at radius 1 is 0.974 bits per heavy atom. The van der Waals surface area contributed by atoms with Crippen molar-refractivity contribution in [3.63, 3.8) is 0 Å². The summed E-state index contributed by atoms with van der Waals surface area (Å²) in [5.74, 6) is -2.57. The Hall–Kier alpha value is -4.15. The molecule has 0 aliphatic heterocycles. The Bertz CT molecular complexity index is 1290. The number of carbonyl (C=O) groups excluding carboxylic acids is 1. The minimum Gasteiger partial charge on any atom is -0.496 e. The largest absolute Gasteiger partial charge is 0.496 e. The van der Waals surface area contributed by atoms with Crippen LogP contribution >= 0.6 is 0 Å². The van der Waals surface area contributed by atoms with E-state index in [0.717, 1.165) is 24.3 Å². The molecule has 11 heteroatoms. The molecule has 202 valence electrons. The second-order valence-electron chi connectivity index (χ2n) is 8.27. The van der Waals surface area contributed by atoms with Gasteiger partial charge in [0.15, 0.2) is 0 Å². The molecule has 1 amide bonds. The van der Waals surface area contributed by atoms with Crippen LogP contribution in [0.4, 0.5) is 26.7 Å². The Morgan fingerprint density at radius 3 is 2.13 bits per heavy atom. The predicted octanol–water partition coefficient (Wildman–Crippen LogP) is 6.45. The Morgan fingerprint density at radius 2 is 1.61 bits per heavy atom. The SMILES string of the molecule is CCN(Cc1c(CC(=O)O)ccc(OC)c1-c1ccc(C(F)(F)F)cc1)C(=O)OCc1cc(F)cc(F)c1. The molecule has 3 rings (SSSR count). The van der Waals surface area contributed by atoms with E-state index in [0.29, 0.717) is 28.3 Å². The highest BCUT2D eigenvalue weighted by Crippen LogP contribution is 2.38. The van der Waals surface area contributed by atoms with Gasteiger partial charge in [0.1, 0.15) is 24.0 Å². The zero-order valence-corrected chi connectivity index (χ0v) is 20.4. The van der Waals surface area contributed by atoms with E-state index in [4.69, 9.17) is 9.47 Å². The van der Waals surface area contributed by atoms with Crippen LogP contribution < -0.4 is 4.74 Å². The molecule has 0 unspecified atom stereocenters. The fourth-order valence-corrected chi connectivity index (χ4v) is 3.92. The lowest BCUT2D eigenvalue weighted by Gasteiger charge is -2.25. The van der Waals surface area contributed by atoms with Crippen LogP contribution in [0.2, 0.25) is 0 Å². The molecule has 0 bridgehead atoms. The van der Waals surface area contributed by atoms with Crippen LogP contribution in [0, 0.1) is 11.6 Å². The van der Waals surface area contributed by atoms with Gasteiger partial charge in [0.05, 0.1) is 25.6 Å². The van der Waals surface area contributed by atoms with E-state index in [1.165, 1.54) is 36.3 Å². The third-order valence-electron chi connectivity index (χ3n) is 5.71. The summed E-state index contributed by atoms with van der Waals surface area (Å²) in [5.41, 5.74) is 0.505. The van der Waals surface area contributed by atoms with Crippen molar-refractivity contribution in [2.24, 2.45) is 0 Å². The maximum atomic E-state index is 13.5. The number of hydrogen-bond acceptors (Lipinski definition) is 4. The van der Waals surface area contributed by atoms with Crippen molar-refractivity contribution >= 4 is 12.1 Å². The van der Waals surface area contributed by atoms with Crippen LogP contribution in [-0.4, -0.2) is 35.7 Å². The fraction of sp³-hybridized carbons (Fsp3) is 0.259. The van der Waals surface area contributed by atoms with E-state index in [-0.39, 0.29) is 24.4 Å². The lowest BCUT2D eigenvalue weighted by molar-refractivity contribution is -0.138. The summed E-state index contributed by atoms with van der Waals surface area (Å²) in [7, 11) is 1.35. The number of ether oxygens (including phenoxy) is 2. The summed E-state index contributed by atoms with van der Waals surface area (Å²) in [5, 5.41) is 9.44. The topological polar surface area (TPSA) is 76.1 Å². The highest BCUT2D eigenvalue weighted by molar-refractivity contribution is 5.79. The second-order valence-corrected chi connectivity index (χ2v) is 8.27. The average Bonchev–Trinajstić information content (AvgIpc) is 2.85. The van der Waals surface area contributed by atoms with Crippen molar-refractivity contribution in [2.75, 3.05) is 13.7 Å². The first-order valence-electron chi connectivity index (χ1n) is 11.4. The van der Waals surface area contributed by atoms with Crippen molar-refractivity contribution in [1.29, 1.82) is 0 Å². The van der Waals surface area contributed by atoms with Gasteiger partial charge in [-0.2, -0.15) is 13.2 Å². The van der Waals surface area contributed by atoms with Crippen LogP contribution in [0.3, 0.4) is 0 Å². The van der Waals surface area contributed by atoms with E-state index in [1.807, 2.05) is 0 Å². The molecule has 0 aliphatic carbocycles. The van der Waals surface area contributed by atoms with E-state index in [1.54, 1.807) is 6.92 Å². The number of carbonyl (C=O) groups is 2. The van der Waals surface area contributed by atoms with Crippen molar-refractivity contribution in [3.8, 4) is 16.9 Å². The Kier molecular flexibility index (Phi) is 8.92. The smallest absolute Gasteiger partial charge is 0.416 e. The normalized spacial score (nSPS) is 11.2. The fourth-order valence-electron chi connectivity index (χ4n) is 3.92. The number of aliphatic carboxylic acids is 1. The monoisotopic (exact) mass is 537 g/mol. The van der Waals surface area contributed by atoms with Gasteiger partial charge >= 0.3 is 18.2 Å². The van der Waals surface area contributed by atoms with Crippen molar-refractivity contribution in [2.45, 2.75) is 32.7 Å². The molecule has 38 heavy (non-hydrogen) atoms. The molecule has 0 saturated heterocycles. The van der Waals surface area contributed by atoms with E-state index >= 15 is 0 Å². The van der Waals surface area contributed by atoms with Crippen molar-refractivity contribution in [3.05, 3.63) is 88.5 Å². The summed E-state index contributed by atoms with van der Waals surface area (Å²) in [6.07, 6.45) is -5.83. The predicted molar refractivity (Wildman–Crippen MR) is 127 cm³/mol. The minimum atomic E-state index is -4.55. The number of rotatable bonds is 9. The van der Waals surface area contributed by atoms with Gasteiger partial charge in [0.25, 0.3) is 0 Å². The lowest BCUT2D eigenvalue weighted by atomic mass is 9.92. The first-order valence-corrected chi connectivity index (χ1v) is 11.4. The molecular weight excluding hydrogens is 513 g/mol. The molecule has 6 nitrogen and oxygen atoms in total. The average molecular weight is 537 g/mol. The first kappa shape index (κ1) is 28.4. The Balaban J connectivity index is 1.99. The van der Waals surface area contributed by atoms with Crippen molar-refractivity contribution in [1.82, 2.24) is 4.90 Å². The minimum absolute atomic E-state index is 0.0882. The summed E-state index contributed by atoms with van der Waals surface area (Å²) in [6, 6.07) is 9.98. The summed E-state index contributed by atoms with van der Waals surface area (Å²) >= 11 is 0. The van der Waals surface area contributed by atoms with Crippen LogP contribution in [0.25, 0.3) is 11.1 Å². The molecule has 0 saturated carbocycles. The highest BCUT2D eigenvalue weighted by atomic mass is 19.4. The molecule has 3 aromatic rings. The number of carboxylic acid groups (broad SMARTS) is 1. The number of amides is 1. The standard InChI is InChI=1S/C27H24F5NO5/c1-3-33(26(36)38-15-16-10-20(28)13-21(29)11-16)14-22-18(12-24(34)35)6-9-23(37-2)25(22)17-4-7-19(8-5-17)27(30,31)32/h4-11,13H,3,12,14-15H2,1-2H3,(H,34,35). The number of carboxylic acids is 1. The van der Waals surface area contributed by atoms with E-state index in [9.17, 15) is 36.6 Å². The zero-order valence-electron chi connectivity index (χ0n) is 20.4. The molecule has 0 spiro atoms. The van der Waals surface area contributed by atoms with Crippen LogP contribution in [0.1, 0.15) is 29.2 Å². The zero-order chi connectivity index (χ0) is 28.0. The van der Waals surface area contributed by atoms with Gasteiger partial charge < -0.3 is 19.5 Å². The van der Waals surface area contributed by atoms with Gasteiger partial charge in [0, 0.05) is 18.2 Å². The molecule has 3 aromatic carbocycles. The van der Waals surface area contributed by atoms with Gasteiger partial charge in [-0.05, 0) is 59.5 Å². The van der Waals surface area contributed by atoms with Crippen LogP contribution in [-0.2, 0) is 35.3 Å². The van der Waals surface area contributed by atoms with E-state index < -0.39 is 48.5 Å². The van der Waals surface area contributed by atoms with Gasteiger partial charge in [-0.25, -0.2) is 13.6 Å². The Labute approximate surface area is 215 Å². The third kappa shape index (κ3) is 6.99. The maximum absolute atomic E-state index is 13.5. The van der Waals surface area contributed by atoms with Gasteiger partial charge in [-0.1, -0.05) is 18.2 Å². The molecular formula is C27H24F5NO5. The van der Waals surface area contributed by atoms with Gasteiger partial charge in [-0.3, -0.25) is 4.79 Å². The van der Waals surface area contributed by atoms with Gasteiger partial charge in [-0.15, -0.1) is 0 Å². The number of halogens is 5. The number of alkyl halides is 3. The number of methoxy groups -OCH3 is 1. The molecule has 0 aliphatic rings. The van der Waals surface area contributed by atoms with E-state index in [2.05, 4.69) is 0 Å². The third-order valence-corrected chi connectivity index (χ3v) is 5.71. The number of benzene rings is 3. The molecule has 1 N–H and O–H groups in total. The van der Waals surface area contributed by atoms with Crippen LogP contribution in [0.5, 0.6) is 5.75 Å². The second kappa shape index (κ2) is 11.9. The molecule has 0 aromatic heterocycles. The number of hydrogen-bond donors (Lipinski definition) is 1. The quantitative estimate of drug-likeness (QED) is 0.318. The molecule has 0 heterocycles.